The molecule has 1 aliphatic rings. The molecule has 3 rings (SSSR count). The number of nitrogens with zero attached hydrogens (tertiary/aromatic N) is 3. The zero-order valence-electron chi connectivity index (χ0n) is 14.6. The highest BCUT2D eigenvalue weighted by molar-refractivity contribution is 5.77. The third-order valence-corrected chi connectivity index (χ3v) is 4.24. The Balaban J connectivity index is 2.04. The van der Waals surface area contributed by atoms with Crippen LogP contribution >= 0.6 is 0 Å². The van der Waals surface area contributed by atoms with Crippen molar-refractivity contribution in [3.8, 4) is 0 Å². The zero-order chi connectivity index (χ0) is 20.1. The molecule has 2 N–H and O–H groups in total. The largest absolute Gasteiger partial charge is 0.378 e. The number of hydrogen-bond acceptors (Lipinski definition) is 5. The second-order valence-corrected chi connectivity index (χ2v) is 6.02. The highest BCUT2D eigenvalue weighted by atomic mass is 19.1. The van der Waals surface area contributed by atoms with Gasteiger partial charge in [-0.3, -0.25) is 4.79 Å². The molecule has 1 aliphatic heterocycles. The molecule has 1 unspecified atom stereocenters. The van der Waals surface area contributed by atoms with Crippen molar-refractivity contribution < 1.29 is 18.7 Å². The minimum Gasteiger partial charge on any atom is -0.378 e. The van der Waals surface area contributed by atoms with Crippen LogP contribution in [0, 0.1) is 11.6 Å². The summed E-state index contributed by atoms with van der Waals surface area (Å²) in [6.45, 7) is 3.71. The van der Waals surface area contributed by atoms with Crippen LogP contribution in [0.25, 0.3) is 5.57 Å². The summed E-state index contributed by atoms with van der Waals surface area (Å²) in [6, 6.07) is 9.37. The van der Waals surface area contributed by atoms with Crippen LogP contribution in [0.3, 0.4) is 0 Å². The number of hydrogen-bond donors (Lipinski definition) is 2. The third-order valence-electron chi connectivity index (χ3n) is 4.24. The molecule has 0 fully saturated rings. The number of amides is 1. The van der Waals surface area contributed by atoms with E-state index < -0.39 is 17.2 Å². The van der Waals surface area contributed by atoms with Crippen molar-refractivity contribution in [2.24, 2.45) is 10.1 Å². The van der Waals surface area contributed by atoms with E-state index in [4.69, 9.17) is 0 Å². The van der Waals surface area contributed by atoms with Crippen LogP contribution in [0.2, 0.25) is 0 Å². The molecule has 2 aromatic carbocycles. The number of nitrogens with one attached hydrogen (secondary N) is 1. The zero-order valence-corrected chi connectivity index (χ0v) is 14.6. The van der Waals surface area contributed by atoms with Gasteiger partial charge in [0, 0.05) is 23.2 Å². The summed E-state index contributed by atoms with van der Waals surface area (Å²) >= 11 is 0. The average molecular weight is 382 g/mol. The quantitative estimate of drug-likeness (QED) is 0.723. The summed E-state index contributed by atoms with van der Waals surface area (Å²) in [4.78, 5) is 14.4. The minimum absolute atomic E-state index is 0.160. The fourth-order valence-corrected chi connectivity index (χ4v) is 2.82. The van der Waals surface area contributed by atoms with Crippen molar-refractivity contribution in [2.75, 3.05) is 11.9 Å². The maximum absolute atomic E-state index is 14.5. The molecule has 1 heterocycles. The summed E-state index contributed by atoms with van der Waals surface area (Å²) in [5, 5.41) is 19.2. The Kier molecular flexibility index (Phi) is 5.44. The Morgan fingerprint density at radius 2 is 2.04 bits per heavy atom. The summed E-state index contributed by atoms with van der Waals surface area (Å²) in [7, 11) is 0. The lowest BCUT2D eigenvalue weighted by Gasteiger charge is -2.34. The molecule has 142 valence electrons. The van der Waals surface area contributed by atoms with Crippen molar-refractivity contribution in [2.45, 2.75) is 5.60 Å². The lowest BCUT2D eigenvalue weighted by molar-refractivity contribution is -0.105. The van der Waals surface area contributed by atoms with Gasteiger partial charge < -0.3 is 10.4 Å². The van der Waals surface area contributed by atoms with Crippen molar-refractivity contribution in [3.63, 3.8) is 0 Å². The number of halogens is 2. The highest BCUT2D eigenvalue weighted by Crippen LogP contribution is 2.38. The van der Waals surface area contributed by atoms with Gasteiger partial charge in [0.05, 0.1) is 12.7 Å². The van der Waals surface area contributed by atoms with Gasteiger partial charge in [-0.15, -0.1) is 5.10 Å². The van der Waals surface area contributed by atoms with Crippen LogP contribution in [0.4, 0.5) is 14.5 Å². The van der Waals surface area contributed by atoms with Crippen molar-refractivity contribution in [3.05, 3.63) is 78.0 Å². The molecule has 0 saturated heterocycles. The van der Waals surface area contributed by atoms with Gasteiger partial charge in [-0.1, -0.05) is 18.7 Å². The van der Waals surface area contributed by atoms with Crippen LogP contribution in [0.15, 0.2) is 65.3 Å². The molecule has 1 atom stereocenters. The van der Waals surface area contributed by atoms with E-state index in [2.05, 4.69) is 27.9 Å². The van der Waals surface area contributed by atoms with Gasteiger partial charge >= 0.3 is 0 Å². The number of aliphatic imine (C=N–C) groups is 1. The minimum atomic E-state index is -1.95. The Morgan fingerprint density at radius 3 is 2.64 bits per heavy atom. The molecular weight excluding hydrogens is 366 g/mol. The number of rotatable bonds is 7. The molecule has 0 radical (unpaired) electrons. The van der Waals surface area contributed by atoms with E-state index in [1.54, 1.807) is 24.3 Å². The van der Waals surface area contributed by atoms with Gasteiger partial charge in [0.25, 0.3) is 0 Å². The molecule has 0 saturated carbocycles. The smallest absolute Gasteiger partial charge is 0.211 e. The molecule has 0 spiro atoms. The van der Waals surface area contributed by atoms with Crippen LogP contribution in [0.5, 0.6) is 0 Å². The molecular formula is C20H16F2N4O2. The van der Waals surface area contributed by atoms with Crippen molar-refractivity contribution in [1.82, 2.24) is 5.01 Å². The molecule has 28 heavy (non-hydrogen) atoms. The van der Waals surface area contributed by atoms with Crippen molar-refractivity contribution in [1.29, 1.82) is 0 Å². The van der Waals surface area contributed by atoms with E-state index in [1.165, 1.54) is 23.6 Å². The Labute approximate surface area is 159 Å². The molecule has 0 aliphatic carbocycles. The fourth-order valence-electron chi connectivity index (χ4n) is 2.82. The average Bonchev–Trinajstić information content (AvgIpc) is 2.69. The normalized spacial score (nSPS) is 14.6. The van der Waals surface area contributed by atoms with Crippen LogP contribution in [0.1, 0.15) is 11.1 Å². The van der Waals surface area contributed by atoms with Gasteiger partial charge in [0.1, 0.15) is 23.6 Å². The van der Waals surface area contributed by atoms with Gasteiger partial charge in [-0.2, -0.15) is 0 Å². The van der Waals surface area contributed by atoms with E-state index in [9.17, 15) is 18.7 Å². The number of carbonyl (C=O) groups is 1. The van der Waals surface area contributed by atoms with Gasteiger partial charge in [0.2, 0.25) is 6.41 Å². The topological polar surface area (TPSA) is 77.3 Å². The molecule has 1 amide bonds. The molecule has 6 nitrogen and oxygen atoms in total. The number of carbonyl (C=O) groups excluding carboxylic acids is 1. The summed E-state index contributed by atoms with van der Waals surface area (Å²) < 4.78 is 27.9. The molecule has 0 bridgehead atoms. The third kappa shape index (κ3) is 3.88. The van der Waals surface area contributed by atoms with Gasteiger partial charge in [0.15, 0.2) is 0 Å². The Bertz CT molecular complexity index is 998. The maximum atomic E-state index is 14.5. The first-order valence-corrected chi connectivity index (χ1v) is 8.20. The first kappa shape index (κ1) is 19.2. The van der Waals surface area contributed by atoms with Crippen LogP contribution in [-0.4, -0.2) is 35.3 Å². The number of hydrazone groups is 1. The van der Waals surface area contributed by atoms with Crippen molar-refractivity contribution >= 4 is 29.9 Å². The maximum Gasteiger partial charge on any atom is 0.211 e. The van der Waals surface area contributed by atoms with Gasteiger partial charge in [-0.25, -0.2) is 18.8 Å². The lowest BCUT2D eigenvalue weighted by atomic mass is 9.82. The van der Waals surface area contributed by atoms with E-state index in [-0.39, 0.29) is 17.7 Å². The second kappa shape index (κ2) is 7.96. The summed E-state index contributed by atoms with van der Waals surface area (Å²) in [6.07, 6.45) is 3.21. The van der Waals surface area contributed by atoms with Gasteiger partial charge in [-0.05, 0) is 35.4 Å². The van der Waals surface area contributed by atoms with E-state index in [0.717, 1.165) is 6.07 Å². The predicted octanol–water partition coefficient (Wildman–Crippen LogP) is 2.88. The summed E-state index contributed by atoms with van der Waals surface area (Å²) in [5.74, 6) is 0.840. The number of benzene rings is 2. The molecule has 8 heteroatoms. The number of aliphatic hydroxyl groups is 1. The van der Waals surface area contributed by atoms with E-state index in [0.29, 0.717) is 23.7 Å². The Hall–Kier alpha value is -3.61. The Morgan fingerprint density at radius 1 is 1.29 bits per heavy atom. The standard InChI is InChI=1S/C20H16F2N4O2/c1-14(15-2-5-17(6-3-15)24-13-27)20(28,11-26-12-23-8-9-25-26)18-7-4-16(21)10-19(18)22/h2-8,10,12-13,28H,1,11H2,(H,24,27). The lowest BCUT2D eigenvalue weighted by Crippen LogP contribution is -2.40. The van der Waals surface area contributed by atoms with E-state index >= 15 is 0 Å². The van der Waals surface area contributed by atoms with Crippen LogP contribution < -0.4 is 5.32 Å². The SMILES string of the molecule is C=C(c1ccc(NC=O)cc1)C(O)(CN1C=NC=C=N1)c1ccc(F)cc1F. The monoisotopic (exact) mass is 382 g/mol. The molecule has 2 aromatic rings. The number of anilines is 1. The first-order valence-electron chi connectivity index (χ1n) is 8.20. The first-order chi connectivity index (χ1) is 13.4. The fraction of sp³-hybridized carbons (Fsp3) is 0.100. The predicted molar refractivity (Wildman–Crippen MR) is 103 cm³/mol. The number of β-amino-alcohol motifs (C(OH)–C–C–N with tert-alkyl or cyclic N) is 1. The van der Waals surface area contributed by atoms with E-state index in [1.807, 2.05) is 0 Å². The van der Waals surface area contributed by atoms with Crippen LogP contribution in [-0.2, 0) is 10.4 Å². The highest BCUT2D eigenvalue weighted by Gasteiger charge is 2.38. The second-order valence-electron chi connectivity index (χ2n) is 6.02. The molecule has 0 aromatic heterocycles. The summed E-state index contributed by atoms with van der Waals surface area (Å²) in [5.41, 5.74) is -0.913.